The van der Waals surface area contributed by atoms with Crippen LogP contribution < -0.4 is 54.4 Å². The predicted octanol–water partition coefficient (Wildman–Crippen LogP) is -3.57. The minimum absolute atomic E-state index is 0.0405. The van der Waals surface area contributed by atoms with Crippen molar-refractivity contribution < 1.29 is 63.3 Å². The number of hydrogen-bond donors (Lipinski definition) is 14. The summed E-state index contributed by atoms with van der Waals surface area (Å²) in [6, 6.07) is -11.2. The maximum absolute atomic E-state index is 13.9. The third kappa shape index (κ3) is 23.0. The van der Waals surface area contributed by atoms with Crippen molar-refractivity contribution in [1.82, 2.24) is 37.2 Å². The molecule has 0 aliphatic rings. The van der Waals surface area contributed by atoms with Crippen LogP contribution >= 0.6 is 24.4 Å². The van der Waals surface area contributed by atoms with Gasteiger partial charge in [0.2, 0.25) is 47.3 Å². The van der Waals surface area contributed by atoms with Crippen molar-refractivity contribution in [3.63, 3.8) is 0 Å². The van der Waals surface area contributed by atoms with Gasteiger partial charge >= 0.3 is 11.9 Å². The van der Waals surface area contributed by atoms with Crippen molar-refractivity contribution in [2.75, 3.05) is 24.3 Å². The molecule has 0 bridgehead atoms. The van der Waals surface area contributed by atoms with E-state index in [2.05, 4.69) is 49.8 Å². The Bertz CT molecular complexity index is 1570. The molecule has 0 heterocycles. The molecule has 8 amide bonds. The maximum atomic E-state index is 13.9. The number of rotatable bonds is 32. The number of thioether (sulfide) groups is 1. The van der Waals surface area contributed by atoms with E-state index in [1.165, 1.54) is 18.7 Å². The molecule has 0 aliphatic carbocycles. The number of amides is 8. The highest BCUT2D eigenvalue weighted by atomic mass is 32.2. The van der Waals surface area contributed by atoms with E-state index in [0.29, 0.717) is 18.6 Å². The lowest BCUT2D eigenvalue weighted by atomic mass is 9.98. The summed E-state index contributed by atoms with van der Waals surface area (Å²) in [7, 11) is 0. The number of carboxylic acids is 2. The van der Waals surface area contributed by atoms with Crippen LogP contribution in [0.25, 0.3) is 0 Å². The van der Waals surface area contributed by atoms with Crippen LogP contribution in [0.5, 0.6) is 0 Å². The monoisotopic (exact) mass is 936 g/mol. The van der Waals surface area contributed by atoms with Crippen LogP contribution in [0.2, 0.25) is 0 Å². The molecule has 0 aromatic carbocycles. The van der Waals surface area contributed by atoms with Crippen molar-refractivity contribution in [1.29, 1.82) is 0 Å². The number of carboxylic acid groups (broad SMARTS) is 2. The van der Waals surface area contributed by atoms with Gasteiger partial charge in [0.25, 0.3) is 0 Å². The van der Waals surface area contributed by atoms with Gasteiger partial charge in [-0.05, 0) is 75.8 Å². The molecule has 9 unspecified atom stereocenters. The van der Waals surface area contributed by atoms with Crippen LogP contribution in [0.3, 0.4) is 0 Å². The smallest absolute Gasteiger partial charge is 0.328 e. The summed E-state index contributed by atoms with van der Waals surface area (Å²) in [6.07, 6.45) is -0.0442. The summed E-state index contributed by atoms with van der Waals surface area (Å²) >= 11 is 5.48. The highest BCUT2D eigenvalue weighted by Gasteiger charge is 2.36. The first-order chi connectivity index (χ1) is 29.4. The van der Waals surface area contributed by atoms with Gasteiger partial charge in [-0.3, -0.25) is 43.2 Å². The normalized spacial score (nSPS) is 15.5. The van der Waals surface area contributed by atoms with Gasteiger partial charge in [-0.2, -0.15) is 24.4 Å². The summed E-state index contributed by atoms with van der Waals surface area (Å²) in [5, 5.41) is 45.8. The molecule has 0 rings (SSSR count). The Hall–Kier alpha value is -4.72. The van der Waals surface area contributed by atoms with Crippen molar-refractivity contribution in [2.24, 2.45) is 29.0 Å². The summed E-state index contributed by atoms with van der Waals surface area (Å²) < 4.78 is 0. The zero-order chi connectivity index (χ0) is 48.6. The number of nitrogens with one attached hydrogen (secondary N) is 7. The zero-order valence-corrected chi connectivity index (χ0v) is 38.4. The van der Waals surface area contributed by atoms with Gasteiger partial charge in [-0.1, -0.05) is 27.7 Å². The van der Waals surface area contributed by atoms with E-state index in [4.69, 9.17) is 17.2 Å². The van der Waals surface area contributed by atoms with E-state index in [0.717, 1.165) is 0 Å². The third-order valence-electron chi connectivity index (χ3n) is 9.32. The highest BCUT2D eigenvalue weighted by Crippen LogP contribution is 2.12. The lowest BCUT2D eigenvalue weighted by molar-refractivity contribution is -0.145. The first kappa shape index (κ1) is 58.3. The number of hydrogen-bond acceptors (Lipinski definition) is 15. The number of carbonyl (C=O) groups is 10. The van der Waals surface area contributed by atoms with Crippen molar-refractivity contribution in [3.8, 4) is 0 Å². The second-order valence-electron chi connectivity index (χ2n) is 15.7. The summed E-state index contributed by atoms with van der Waals surface area (Å²) in [4.78, 5) is 128. The minimum atomic E-state index is -1.71. The van der Waals surface area contributed by atoms with E-state index in [-0.39, 0.29) is 50.3 Å². The predicted molar refractivity (Wildman–Crippen MR) is 236 cm³/mol. The van der Waals surface area contributed by atoms with Crippen LogP contribution in [-0.4, -0.2) is 153 Å². The first-order valence-corrected chi connectivity index (χ1v) is 22.5. The Morgan fingerprint density at radius 1 is 0.619 bits per heavy atom. The number of aliphatic hydroxyl groups excluding tert-OH is 1. The number of aliphatic hydroxyl groups is 1. The molecule has 0 saturated heterocycles. The van der Waals surface area contributed by atoms with E-state index in [1.807, 2.05) is 0 Å². The Kier molecular flexibility index (Phi) is 28.1. The molecular weight excluding hydrogens is 869 g/mol. The second kappa shape index (κ2) is 30.4. The highest BCUT2D eigenvalue weighted by molar-refractivity contribution is 7.98. The number of carbonyl (C=O) groups excluding carboxylic acids is 8. The molecule has 0 spiro atoms. The zero-order valence-electron chi connectivity index (χ0n) is 36.6. The summed E-state index contributed by atoms with van der Waals surface area (Å²) in [5.41, 5.74) is 16.5. The minimum Gasteiger partial charge on any atom is -0.481 e. The Morgan fingerprint density at radius 2 is 1.10 bits per heavy atom. The number of thiol groups is 1. The number of unbranched alkanes of at least 4 members (excludes halogenated alkanes) is 1. The fourth-order valence-corrected chi connectivity index (χ4v) is 6.49. The lowest BCUT2D eigenvalue weighted by Gasteiger charge is -2.29. The fraction of sp³-hybridized carbons (Fsp3) is 0.737. The second-order valence-corrected chi connectivity index (χ2v) is 17.0. The van der Waals surface area contributed by atoms with Crippen LogP contribution in [0.1, 0.15) is 86.0 Å². The van der Waals surface area contributed by atoms with Crippen molar-refractivity contribution in [2.45, 2.75) is 140 Å². The number of aliphatic carboxylic acids is 2. The Morgan fingerprint density at radius 3 is 1.56 bits per heavy atom. The van der Waals surface area contributed by atoms with E-state index < -0.39 is 126 Å². The molecule has 0 aliphatic heterocycles. The standard InChI is InChI=1S/C38H68N10O13S2/c1-18(2)15-24(35(57)47-29(19(3)4)37(59)48-30(20(5)49)38(60)61)45-32(54)22(9-7-8-13-39)42-33(55)23(12-14-63-6)43-36(58)26(17-62)46-34(56)25(16-28(51)52)44-31(53)21(40)10-11-27(41)50/h18-26,29-30,49,62H,7-17,39-40H2,1-6H3,(H2,41,50)(H,42,55)(H,43,58)(H,44,53)(H,45,54)(H,46,56)(H,47,57)(H,48,59)(H,51,52)(H,60,61). The third-order valence-corrected chi connectivity index (χ3v) is 10.3. The molecule has 0 aromatic heterocycles. The summed E-state index contributed by atoms with van der Waals surface area (Å²) in [6.45, 7) is 8.22. The van der Waals surface area contributed by atoms with E-state index >= 15 is 0 Å². The maximum Gasteiger partial charge on any atom is 0.328 e. The Labute approximate surface area is 376 Å². The molecule has 0 fully saturated rings. The summed E-state index contributed by atoms with van der Waals surface area (Å²) in [5.74, 6) is -10.6. The molecule has 23 nitrogen and oxygen atoms in total. The van der Waals surface area contributed by atoms with E-state index in [9.17, 15) is 63.3 Å². The van der Waals surface area contributed by atoms with Gasteiger partial charge < -0.3 is 69.7 Å². The molecule has 0 radical (unpaired) electrons. The molecule has 63 heavy (non-hydrogen) atoms. The molecule has 360 valence electrons. The SMILES string of the molecule is CSCCC(NC(=O)C(CS)NC(=O)C(CC(=O)O)NC(=O)C(N)CCC(N)=O)C(=O)NC(CCCCN)C(=O)NC(CC(C)C)C(=O)NC(C(=O)NC(C(=O)O)C(C)O)C(C)C. The van der Waals surface area contributed by atoms with E-state index in [1.54, 1.807) is 34.0 Å². The largest absolute Gasteiger partial charge is 0.481 e. The molecule has 0 saturated carbocycles. The van der Waals surface area contributed by atoms with Crippen LogP contribution in [-0.2, 0) is 47.9 Å². The number of nitrogens with two attached hydrogens (primary N) is 3. The fourth-order valence-electron chi connectivity index (χ4n) is 5.76. The topological polar surface area (TPSA) is 394 Å². The van der Waals surface area contributed by atoms with Crippen molar-refractivity contribution >= 4 is 83.6 Å². The molecular formula is C38H68N10O13S2. The van der Waals surface area contributed by atoms with Crippen LogP contribution in [0.15, 0.2) is 0 Å². The lowest BCUT2D eigenvalue weighted by Crippen LogP contribution is -2.61. The molecule has 9 atom stereocenters. The first-order valence-electron chi connectivity index (χ1n) is 20.5. The average Bonchev–Trinajstić information content (AvgIpc) is 3.19. The van der Waals surface area contributed by atoms with Gasteiger partial charge in [-0.15, -0.1) is 0 Å². The number of primary amides is 1. The van der Waals surface area contributed by atoms with Gasteiger partial charge in [-0.25, -0.2) is 4.79 Å². The molecule has 16 N–H and O–H groups in total. The van der Waals surface area contributed by atoms with Gasteiger partial charge in [0.1, 0.15) is 36.3 Å². The van der Waals surface area contributed by atoms with Gasteiger partial charge in [0.05, 0.1) is 18.6 Å². The quantitative estimate of drug-likeness (QED) is 0.0229. The van der Waals surface area contributed by atoms with Gasteiger partial charge in [0, 0.05) is 12.2 Å². The molecule has 25 heteroatoms. The van der Waals surface area contributed by atoms with Crippen LogP contribution in [0, 0.1) is 11.8 Å². The average molecular weight is 937 g/mol. The van der Waals surface area contributed by atoms with Crippen LogP contribution in [0.4, 0.5) is 0 Å². The van der Waals surface area contributed by atoms with Gasteiger partial charge in [0.15, 0.2) is 6.04 Å². The Balaban J connectivity index is 6.34. The molecule has 0 aromatic rings. The van der Waals surface area contributed by atoms with Crippen molar-refractivity contribution in [3.05, 3.63) is 0 Å².